The van der Waals surface area contributed by atoms with Crippen LogP contribution >= 0.6 is 0 Å². The Balaban J connectivity index is 1.94. The minimum Gasteiger partial charge on any atom is -0.370 e. The summed E-state index contributed by atoms with van der Waals surface area (Å²) in [6.45, 7) is 3.77. The maximum absolute atomic E-state index is 12.3. The average Bonchev–Trinajstić information content (AvgIpc) is 2.52. The predicted molar refractivity (Wildman–Crippen MR) is 86.5 cm³/mol. The van der Waals surface area contributed by atoms with Gasteiger partial charge in [-0.3, -0.25) is 4.79 Å². The van der Waals surface area contributed by atoms with E-state index in [-0.39, 0.29) is 12.5 Å². The van der Waals surface area contributed by atoms with Crippen LogP contribution in [-0.2, 0) is 11.2 Å². The van der Waals surface area contributed by atoms with Crippen LogP contribution in [0.2, 0.25) is 0 Å². The number of guanidine groups is 1. The highest BCUT2D eigenvalue weighted by Crippen LogP contribution is 2.26. The fourth-order valence-electron chi connectivity index (χ4n) is 2.48. The number of nitrogens with zero attached hydrogens (tertiary/aromatic N) is 2. The van der Waals surface area contributed by atoms with Crippen molar-refractivity contribution in [3.05, 3.63) is 29.8 Å². The molecule has 5 heteroatoms. The Morgan fingerprint density at radius 2 is 2.24 bits per heavy atom. The second kappa shape index (κ2) is 7.67. The summed E-state index contributed by atoms with van der Waals surface area (Å²) >= 11 is 0. The van der Waals surface area contributed by atoms with E-state index in [1.807, 2.05) is 23.1 Å². The van der Waals surface area contributed by atoms with Gasteiger partial charge in [0.1, 0.15) is 6.54 Å². The number of carbonyl (C=O) groups excluding carboxylic acids is 1. The van der Waals surface area contributed by atoms with Crippen LogP contribution in [0.15, 0.2) is 29.3 Å². The van der Waals surface area contributed by atoms with Gasteiger partial charge < -0.3 is 16.0 Å². The normalized spacial score (nSPS) is 14.7. The monoisotopic (exact) mass is 288 g/mol. The third-order valence-electron chi connectivity index (χ3n) is 3.63. The van der Waals surface area contributed by atoms with Crippen LogP contribution in [-0.4, -0.2) is 31.5 Å². The molecule has 0 atom stereocenters. The van der Waals surface area contributed by atoms with Gasteiger partial charge in [0.25, 0.3) is 0 Å². The Labute approximate surface area is 126 Å². The van der Waals surface area contributed by atoms with Crippen LogP contribution in [0, 0.1) is 0 Å². The zero-order valence-corrected chi connectivity index (χ0v) is 12.6. The first-order valence-electron chi connectivity index (χ1n) is 7.64. The Morgan fingerprint density at radius 3 is 3.05 bits per heavy atom. The lowest BCUT2D eigenvalue weighted by Crippen LogP contribution is -2.38. The fourth-order valence-corrected chi connectivity index (χ4v) is 2.48. The number of hydrogen-bond acceptors (Lipinski definition) is 2. The molecule has 3 N–H and O–H groups in total. The first kappa shape index (κ1) is 15.4. The summed E-state index contributed by atoms with van der Waals surface area (Å²) < 4.78 is 0. The number of fused-ring (bicyclic) bond motifs is 1. The van der Waals surface area contributed by atoms with Crippen LogP contribution < -0.4 is 16.0 Å². The van der Waals surface area contributed by atoms with Gasteiger partial charge in [0.2, 0.25) is 5.91 Å². The highest BCUT2D eigenvalue weighted by atomic mass is 16.2. The summed E-state index contributed by atoms with van der Waals surface area (Å²) in [7, 11) is 0. The third-order valence-corrected chi connectivity index (χ3v) is 3.63. The molecule has 1 aliphatic rings. The molecular weight excluding hydrogens is 264 g/mol. The molecule has 0 unspecified atom stereocenters. The van der Waals surface area contributed by atoms with Gasteiger partial charge in [-0.05, 0) is 30.9 Å². The largest absolute Gasteiger partial charge is 0.370 e. The quantitative estimate of drug-likeness (QED) is 0.492. The molecule has 5 nitrogen and oxygen atoms in total. The van der Waals surface area contributed by atoms with Gasteiger partial charge in [0.05, 0.1) is 0 Å². The van der Waals surface area contributed by atoms with Gasteiger partial charge in [0, 0.05) is 18.8 Å². The van der Waals surface area contributed by atoms with Crippen LogP contribution in [0.5, 0.6) is 0 Å². The molecule has 2 rings (SSSR count). The van der Waals surface area contributed by atoms with E-state index in [1.165, 1.54) is 5.56 Å². The van der Waals surface area contributed by atoms with E-state index >= 15 is 0 Å². The van der Waals surface area contributed by atoms with Crippen molar-refractivity contribution in [3.8, 4) is 0 Å². The molecule has 1 aromatic carbocycles. The Kier molecular flexibility index (Phi) is 5.60. The summed E-state index contributed by atoms with van der Waals surface area (Å²) in [5.41, 5.74) is 8.00. The number of nitrogens with two attached hydrogens (primary N) is 1. The van der Waals surface area contributed by atoms with Crippen molar-refractivity contribution >= 4 is 17.6 Å². The van der Waals surface area contributed by atoms with E-state index in [0.29, 0.717) is 5.96 Å². The molecule has 1 aliphatic heterocycles. The van der Waals surface area contributed by atoms with Crippen LogP contribution in [0.1, 0.15) is 31.7 Å². The first-order chi connectivity index (χ1) is 10.2. The lowest BCUT2D eigenvalue weighted by atomic mass is 10.0. The lowest BCUT2D eigenvalue weighted by Gasteiger charge is -2.29. The number of para-hydroxylation sites is 1. The number of benzene rings is 1. The first-order valence-corrected chi connectivity index (χ1v) is 7.64. The standard InChI is InChI=1S/C16H24N4O/c1-2-3-10-18-16(17)19-12-15(21)20-11-6-8-13-7-4-5-9-14(13)20/h4-5,7,9H,2-3,6,8,10-12H2,1H3,(H3,17,18,19). The summed E-state index contributed by atoms with van der Waals surface area (Å²) in [4.78, 5) is 18.3. The molecule has 1 aromatic rings. The molecule has 1 amide bonds. The zero-order chi connectivity index (χ0) is 15.1. The Morgan fingerprint density at radius 1 is 1.43 bits per heavy atom. The molecule has 0 aromatic heterocycles. The Bertz CT molecular complexity index is 513. The highest BCUT2D eigenvalue weighted by Gasteiger charge is 2.21. The topological polar surface area (TPSA) is 70.7 Å². The van der Waals surface area contributed by atoms with Crippen molar-refractivity contribution in [2.75, 3.05) is 24.5 Å². The van der Waals surface area contributed by atoms with Gasteiger partial charge in [-0.15, -0.1) is 0 Å². The number of aliphatic imine (C=N–C) groups is 1. The van der Waals surface area contributed by atoms with Crippen molar-refractivity contribution < 1.29 is 4.79 Å². The number of nitrogens with one attached hydrogen (secondary N) is 1. The van der Waals surface area contributed by atoms with Gasteiger partial charge in [-0.1, -0.05) is 31.5 Å². The van der Waals surface area contributed by atoms with E-state index in [4.69, 9.17) is 5.73 Å². The van der Waals surface area contributed by atoms with E-state index in [2.05, 4.69) is 23.3 Å². The molecule has 21 heavy (non-hydrogen) atoms. The molecule has 0 aliphatic carbocycles. The number of unbranched alkanes of at least 4 members (excludes halogenated alkanes) is 1. The second-order valence-electron chi connectivity index (χ2n) is 5.26. The summed E-state index contributed by atoms with van der Waals surface area (Å²) in [6, 6.07) is 8.06. The number of rotatable bonds is 5. The van der Waals surface area contributed by atoms with Crippen LogP contribution in [0.3, 0.4) is 0 Å². The van der Waals surface area contributed by atoms with Crippen LogP contribution in [0.25, 0.3) is 0 Å². The van der Waals surface area contributed by atoms with E-state index in [9.17, 15) is 4.79 Å². The van der Waals surface area contributed by atoms with Gasteiger partial charge >= 0.3 is 0 Å². The summed E-state index contributed by atoms with van der Waals surface area (Å²) in [5.74, 6) is 0.351. The minimum absolute atomic E-state index is 0.00221. The Hall–Kier alpha value is -2.04. The van der Waals surface area contributed by atoms with Crippen molar-refractivity contribution in [2.24, 2.45) is 10.7 Å². The molecule has 0 spiro atoms. The summed E-state index contributed by atoms with van der Waals surface area (Å²) in [5, 5.41) is 3.02. The maximum Gasteiger partial charge on any atom is 0.248 e. The van der Waals surface area contributed by atoms with Crippen LogP contribution in [0.4, 0.5) is 5.69 Å². The maximum atomic E-state index is 12.3. The average molecular weight is 288 g/mol. The van der Waals surface area contributed by atoms with Gasteiger partial charge in [-0.2, -0.15) is 0 Å². The molecule has 0 radical (unpaired) electrons. The molecule has 1 heterocycles. The molecule has 0 saturated heterocycles. The van der Waals surface area contributed by atoms with E-state index < -0.39 is 0 Å². The highest BCUT2D eigenvalue weighted by molar-refractivity contribution is 5.97. The van der Waals surface area contributed by atoms with Crippen molar-refractivity contribution in [1.29, 1.82) is 0 Å². The SMILES string of the molecule is CCCCNC(N)=NCC(=O)N1CCCc2ccccc21. The number of hydrogen-bond donors (Lipinski definition) is 2. The predicted octanol–water partition coefficient (Wildman–Crippen LogP) is 1.67. The zero-order valence-electron chi connectivity index (χ0n) is 12.6. The van der Waals surface area contributed by atoms with Crippen molar-refractivity contribution in [1.82, 2.24) is 5.32 Å². The van der Waals surface area contributed by atoms with Gasteiger partial charge in [-0.25, -0.2) is 4.99 Å². The number of amides is 1. The molecule has 0 fully saturated rings. The summed E-state index contributed by atoms with van der Waals surface area (Å²) in [6.07, 6.45) is 4.17. The van der Waals surface area contributed by atoms with Gasteiger partial charge in [0.15, 0.2) is 5.96 Å². The molecule has 0 bridgehead atoms. The third kappa shape index (κ3) is 4.21. The number of anilines is 1. The lowest BCUT2D eigenvalue weighted by molar-refractivity contribution is -0.117. The fraction of sp³-hybridized carbons (Fsp3) is 0.500. The van der Waals surface area contributed by atoms with Crippen molar-refractivity contribution in [3.63, 3.8) is 0 Å². The second-order valence-corrected chi connectivity index (χ2v) is 5.26. The molecule has 114 valence electrons. The minimum atomic E-state index is 0.00221. The number of aryl methyl sites for hydroxylation is 1. The smallest absolute Gasteiger partial charge is 0.248 e. The molecular formula is C16H24N4O. The molecule has 0 saturated carbocycles. The van der Waals surface area contributed by atoms with E-state index in [0.717, 1.165) is 44.5 Å². The number of carbonyl (C=O) groups is 1. The van der Waals surface area contributed by atoms with E-state index in [1.54, 1.807) is 0 Å². The van der Waals surface area contributed by atoms with Crippen molar-refractivity contribution in [2.45, 2.75) is 32.6 Å².